The van der Waals surface area contributed by atoms with Crippen molar-refractivity contribution in [2.45, 2.75) is 51.7 Å². The second-order valence-electron chi connectivity index (χ2n) is 6.21. The van der Waals surface area contributed by atoms with E-state index < -0.39 is 5.60 Å². The van der Waals surface area contributed by atoms with Crippen molar-refractivity contribution >= 4 is 12.0 Å². The summed E-state index contributed by atoms with van der Waals surface area (Å²) in [5.74, 6) is 0.484. The number of nitrogens with zero attached hydrogens (tertiary/aromatic N) is 1. The van der Waals surface area contributed by atoms with Crippen LogP contribution in [0.2, 0.25) is 0 Å². The Morgan fingerprint density at radius 3 is 2.78 bits per heavy atom. The molecule has 0 aromatic rings. The minimum absolute atomic E-state index is 0.104. The zero-order valence-electron chi connectivity index (χ0n) is 11.4. The van der Waals surface area contributed by atoms with E-state index in [1.807, 2.05) is 20.8 Å². The summed E-state index contributed by atoms with van der Waals surface area (Å²) in [6.45, 7) is 6.85. The van der Waals surface area contributed by atoms with Crippen molar-refractivity contribution in [2.24, 2.45) is 5.92 Å². The van der Waals surface area contributed by atoms with Crippen LogP contribution < -0.4 is 5.32 Å². The van der Waals surface area contributed by atoms with Gasteiger partial charge in [0.1, 0.15) is 5.60 Å². The van der Waals surface area contributed by atoms with Crippen molar-refractivity contribution in [1.29, 1.82) is 0 Å². The monoisotopic (exact) mass is 254 g/mol. The van der Waals surface area contributed by atoms with E-state index in [1.165, 1.54) is 0 Å². The fourth-order valence-electron chi connectivity index (χ4n) is 2.61. The summed E-state index contributed by atoms with van der Waals surface area (Å²) >= 11 is 0. The van der Waals surface area contributed by atoms with Crippen molar-refractivity contribution in [2.75, 3.05) is 13.1 Å². The normalized spacial score (nSPS) is 28.4. The molecule has 2 saturated heterocycles. The first-order chi connectivity index (χ1) is 8.35. The van der Waals surface area contributed by atoms with Crippen LogP contribution >= 0.6 is 0 Å². The van der Waals surface area contributed by atoms with Crippen molar-refractivity contribution in [3.8, 4) is 0 Å². The number of hydrogen-bond donors (Lipinski definition) is 1. The van der Waals surface area contributed by atoms with Gasteiger partial charge in [-0.3, -0.25) is 4.79 Å². The Morgan fingerprint density at radius 2 is 2.11 bits per heavy atom. The molecule has 0 radical (unpaired) electrons. The first kappa shape index (κ1) is 13.2. The lowest BCUT2D eigenvalue weighted by atomic mass is 9.99. The number of rotatable bonds is 0. The number of hydrogen-bond acceptors (Lipinski definition) is 3. The molecule has 2 aliphatic heterocycles. The Balaban J connectivity index is 1.95. The molecule has 5 heteroatoms. The lowest BCUT2D eigenvalue weighted by Gasteiger charge is -2.24. The summed E-state index contributed by atoms with van der Waals surface area (Å²) in [5, 5.41) is 3.00. The van der Waals surface area contributed by atoms with E-state index in [0.29, 0.717) is 25.4 Å². The van der Waals surface area contributed by atoms with Gasteiger partial charge in [-0.15, -0.1) is 0 Å². The zero-order valence-corrected chi connectivity index (χ0v) is 11.4. The summed E-state index contributed by atoms with van der Waals surface area (Å²) in [6, 6.07) is 0.104. The molecule has 2 heterocycles. The maximum absolute atomic E-state index is 12.0. The minimum Gasteiger partial charge on any atom is -0.444 e. The predicted molar refractivity (Wildman–Crippen MR) is 67.1 cm³/mol. The standard InChI is InChI=1S/C13H22N2O3/c1-13(2,3)18-12(17)15-7-9-5-4-6-11(16)14-10(9)8-15/h9-10H,4-8H2,1-3H3,(H,14,16). The number of fused-ring (bicyclic) bond motifs is 1. The molecule has 2 unspecified atom stereocenters. The third-order valence-electron chi connectivity index (χ3n) is 3.42. The molecule has 2 atom stereocenters. The second-order valence-corrected chi connectivity index (χ2v) is 6.21. The molecule has 0 aromatic carbocycles. The number of carbonyl (C=O) groups is 2. The van der Waals surface area contributed by atoms with E-state index >= 15 is 0 Å². The van der Waals surface area contributed by atoms with Crippen molar-refractivity contribution in [3.63, 3.8) is 0 Å². The van der Waals surface area contributed by atoms with Gasteiger partial charge < -0.3 is 15.0 Å². The Kier molecular flexibility index (Phi) is 3.50. The van der Waals surface area contributed by atoms with Crippen LogP contribution in [-0.2, 0) is 9.53 Å². The molecular weight excluding hydrogens is 232 g/mol. The highest BCUT2D eigenvalue weighted by molar-refractivity contribution is 5.77. The molecule has 0 saturated carbocycles. The van der Waals surface area contributed by atoms with Gasteiger partial charge in [-0.25, -0.2) is 4.79 Å². The van der Waals surface area contributed by atoms with E-state index in [2.05, 4.69) is 5.32 Å². The quantitative estimate of drug-likeness (QED) is 0.713. The topological polar surface area (TPSA) is 58.6 Å². The maximum Gasteiger partial charge on any atom is 0.410 e. The summed E-state index contributed by atoms with van der Waals surface area (Å²) in [7, 11) is 0. The van der Waals surface area contributed by atoms with Crippen LogP contribution in [0.5, 0.6) is 0 Å². The van der Waals surface area contributed by atoms with E-state index in [1.54, 1.807) is 4.90 Å². The number of nitrogens with one attached hydrogen (secondary N) is 1. The smallest absolute Gasteiger partial charge is 0.410 e. The molecular formula is C13H22N2O3. The highest BCUT2D eigenvalue weighted by Crippen LogP contribution is 2.26. The summed E-state index contributed by atoms with van der Waals surface area (Å²) < 4.78 is 5.36. The molecule has 2 aliphatic rings. The van der Waals surface area contributed by atoms with Gasteiger partial charge in [0.15, 0.2) is 0 Å². The van der Waals surface area contributed by atoms with Gasteiger partial charge in [0.25, 0.3) is 0 Å². The highest BCUT2D eigenvalue weighted by Gasteiger charge is 2.38. The molecule has 0 spiro atoms. The molecule has 2 amide bonds. The Bertz CT molecular complexity index is 349. The van der Waals surface area contributed by atoms with Crippen LogP contribution in [0.1, 0.15) is 40.0 Å². The van der Waals surface area contributed by atoms with Gasteiger partial charge in [0.05, 0.1) is 6.04 Å². The highest BCUT2D eigenvalue weighted by atomic mass is 16.6. The SMILES string of the molecule is CC(C)(C)OC(=O)N1CC2CCCC(=O)NC2C1. The Morgan fingerprint density at radius 1 is 1.39 bits per heavy atom. The molecule has 102 valence electrons. The third-order valence-corrected chi connectivity index (χ3v) is 3.42. The minimum atomic E-state index is -0.467. The first-order valence-corrected chi connectivity index (χ1v) is 6.62. The van der Waals surface area contributed by atoms with Gasteiger partial charge in [-0.05, 0) is 39.5 Å². The van der Waals surface area contributed by atoms with Crippen molar-refractivity contribution in [1.82, 2.24) is 10.2 Å². The predicted octanol–water partition coefficient (Wildman–Crippen LogP) is 1.52. The molecule has 0 aliphatic carbocycles. The third kappa shape index (κ3) is 3.15. The van der Waals surface area contributed by atoms with Crippen LogP contribution in [0.3, 0.4) is 0 Å². The van der Waals surface area contributed by atoms with Gasteiger partial charge in [0.2, 0.25) is 5.91 Å². The van der Waals surface area contributed by atoms with Crippen LogP contribution in [-0.4, -0.2) is 41.6 Å². The first-order valence-electron chi connectivity index (χ1n) is 6.62. The molecule has 1 N–H and O–H groups in total. The largest absolute Gasteiger partial charge is 0.444 e. The van der Waals surface area contributed by atoms with Crippen LogP contribution in [0, 0.1) is 5.92 Å². The molecule has 5 nitrogen and oxygen atoms in total. The second kappa shape index (κ2) is 4.78. The average Bonchev–Trinajstić information content (AvgIpc) is 2.52. The Labute approximate surface area is 108 Å². The van der Waals surface area contributed by atoms with Crippen molar-refractivity contribution in [3.05, 3.63) is 0 Å². The number of carbonyl (C=O) groups excluding carboxylic acids is 2. The zero-order chi connectivity index (χ0) is 13.3. The fourth-order valence-corrected chi connectivity index (χ4v) is 2.61. The van der Waals surface area contributed by atoms with E-state index in [9.17, 15) is 9.59 Å². The van der Waals surface area contributed by atoms with Crippen molar-refractivity contribution < 1.29 is 14.3 Å². The maximum atomic E-state index is 12.0. The van der Waals surface area contributed by atoms with Gasteiger partial charge >= 0.3 is 6.09 Å². The summed E-state index contributed by atoms with van der Waals surface area (Å²) in [4.78, 5) is 25.2. The Hall–Kier alpha value is -1.26. The molecule has 18 heavy (non-hydrogen) atoms. The summed E-state index contributed by atoms with van der Waals surface area (Å²) in [6.07, 6.45) is 2.25. The molecule has 0 aromatic heterocycles. The van der Waals surface area contributed by atoms with Crippen LogP contribution in [0.25, 0.3) is 0 Å². The van der Waals surface area contributed by atoms with Crippen LogP contribution in [0.4, 0.5) is 4.79 Å². The van der Waals surface area contributed by atoms with E-state index in [4.69, 9.17) is 4.74 Å². The number of likely N-dealkylation sites (tertiary alicyclic amines) is 1. The van der Waals surface area contributed by atoms with E-state index in [-0.39, 0.29) is 18.0 Å². The molecule has 2 rings (SSSR count). The van der Waals surface area contributed by atoms with Gasteiger partial charge in [0, 0.05) is 19.5 Å². The van der Waals surface area contributed by atoms with Gasteiger partial charge in [-0.1, -0.05) is 0 Å². The lowest BCUT2D eigenvalue weighted by molar-refractivity contribution is -0.121. The van der Waals surface area contributed by atoms with Gasteiger partial charge in [-0.2, -0.15) is 0 Å². The van der Waals surface area contributed by atoms with Crippen LogP contribution in [0.15, 0.2) is 0 Å². The molecule has 0 bridgehead atoms. The lowest BCUT2D eigenvalue weighted by Crippen LogP contribution is -2.40. The molecule has 2 fully saturated rings. The number of amides is 2. The summed E-state index contributed by atoms with van der Waals surface area (Å²) in [5.41, 5.74) is -0.467. The van der Waals surface area contributed by atoms with E-state index in [0.717, 1.165) is 12.8 Å². The average molecular weight is 254 g/mol. The number of ether oxygens (including phenoxy) is 1. The fraction of sp³-hybridized carbons (Fsp3) is 0.846.